The molecule has 0 radical (unpaired) electrons. The lowest BCUT2D eigenvalue weighted by Crippen LogP contribution is -3.00. The summed E-state index contributed by atoms with van der Waals surface area (Å²) in [6, 6.07) is 20.1. The lowest BCUT2D eigenvalue weighted by molar-refractivity contribution is -0.929. The van der Waals surface area contributed by atoms with Crippen LogP contribution in [0.5, 0.6) is 0 Å². The van der Waals surface area contributed by atoms with Gasteiger partial charge in [-0.05, 0) is 32.1 Å². The molecule has 3 heteroatoms. The van der Waals surface area contributed by atoms with E-state index >= 15 is 0 Å². The molecule has 2 aromatic rings. The minimum absolute atomic E-state index is 0. The van der Waals surface area contributed by atoms with Crippen molar-refractivity contribution in [3.8, 4) is 11.8 Å². The number of aliphatic hydroxyl groups is 1. The van der Waals surface area contributed by atoms with Crippen molar-refractivity contribution >= 4 is 0 Å². The van der Waals surface area contributed by atoms with Crippen molar-refractivity contribution in [1.82, 2.24) is 0 Å². The van der Waals surface area contributed by atoms with Gasteiger partial charge in [0.15, 0.2) is 5.60 Å². The Balaban J connectivity index is 0.00000243. The summed E-state index contributed by atoms with van der Waals surface area (Å²) >= 11 is 0. The highest BCUT2D eigenvalue weighted by Crippen LogP contribution is 2.29. The first-order valence-electron chi connectivity index (χ1n) is 9.22. The topological polar surface area (TPSA) is 20.2 Å². The molecule has 3 rings (SSSR count). The van der Waals surface area contributed by atoms with E-state index < -0.39 is 5.60 Å². The van der Waals surface area contributed by atoms with Gasteiger partial charge in [-0.3, -0.25) is 0 Å². The fraction of sp³-hybridized carbons (Fsp3) is 0.391. The minimum Gasteiger partial charge on any atom is -1.00 e. The molecule has 0 aromatic heterocycles. The van der Waals surface area contributed by atoms with E-state index in [1.54, 1.807) is 0 Å². The predicted molar refractivity (Wildman–Crippen MR) is 103 cm³/mol. The number of likely N-dealkylation sites (tertiary alicyclic amines) is 1. The molecule has 138 valence electrons. The second-order valence-electron chi connectivity index (χ2n) is 7.45. The fourth-order valence-electron chi connectivity index (χ4n) is 3.70. The van der Waals surface area contributed by atoms with Gasteiger partial charge in [0.05, 0.1) is 19.6 Å². The first-order chi connectivity index (χ1) is 12.0. The van der Waals surface area contributed by atoms with Crippen molar-refractivity contribution in [3.05, 3.63) is 71.8 Å². The number of hydrogen-bond donors (Lipinski definition) is 1. The molecule has 1 saturated heterocycles. The first kappa shape index (κ1) is 20.5. The Labute approximate surface area is 163 Å². The zero-order chi connectivity index (χ0) is 17.8. The highest BCUT2D eigenvalue weighted by Gasteiger charge is 2.32. The fourth-order valence-corrected chi connectivity index (χ4v) is 3.70. The van der Waals surface area contributed by atoms with Gasteiger partial charge < -0.3 is 22.0 Å². The Kier molecular flexibility index (Phi) is 6.89. The number of hydrogen-bond acceptors (Lipinski definition) is 1. The van der Waals surface area contributed by atoms with Crippen molar-refractivity contribution in [2.75, 3.05) is 20.1 Å². The summed E-state index contributed by atoms with van der Waals surface area (Å²) < 4.78 is 0.979. The van der Waals surface area contributed by atoms with Gasteiger partial charge in [-0.2, -0.15) is 0 Å². The van der Waals surface area contributed by atoms with Crippen LogP contribution in [0.1, 0.15) is 37.3 Å². The summed E-state index contributed by atoms with van der Waals surface area (Å²) in [6.07, 6.45) is 3.85. The van der Waals surface area contributed by atoms with Gasteiger partial charge in [0.25, 0.3) is 0 Å². The average Bonchev–Trinajstić information content (AvgIpc) is 2.65. The van der Waals surface area contributed by atoms with Gasteiger partial charge in [0.1, 0.15) is 6.54 Å². The third-order valence-electron chi connectivity index (χ3n) is 5.70. The maximum absolute atomic E-state index is 11.5. The SMILES string of the molecule is CC1CCCC[N+]1(C)CC#CC(O)(c1ccccc1)c1ccccc1.[Cl-]. The average molecular weight is 370 g/mol. The van der Waals surface area contributed by atoms with Gasteiger partial charge in [-0.25, -0.2) is 0 Å². The molecule has 0 bridgehead atoms. The van der Waals surface area contributed by atoms with E-state index in [0.29, 0.717) is 6.04 Å². The van der Waals surface area contributed by atoms with Crippen LogP contribution < -0.4 is 12.4 Å². The molecule has 1 aliphatic heterocycles. The molecule has 0 spiro atoms. The summed E-state index contributed by atoms with van der Waals surface area (Å²) in [6.45, 7) is 4.27. The second-order valence-corrected chi connectivity index (χ2v) is 7.45. The first-order valence-corrected chi connectivity index (χ1v) is 9.22. The zero-order valence-electron chi connectivity index (χ0n) is 15.7. The number of halogens is 1. The highest BCUT2D eigenvalue weighted by atomic mass is 35.5. The lowest BCUT2D eigenvalue weighted by atomic mass is 9.87. The quantitative estimate of drug-likeness (QED) is 0.631. The molecule has 2 nitrogen and oxygen atoms in total. The molecule has 2 unspecified atom stereocenters. The van der Waals surface area contributed by atoms with Crippen LogP contribution in [0.25, 0.3) is 0 Å². The minimum atomic E-state index is -1.26. The molecular formula is C23H28ClNO. The standard InChI is InChI=1S/C23H28NO.ClH/c1-20-12-9-10-18-24(20,2)19-11-17-23(25,21-13-5-3-6-14-21)22-15-7-4-8-16-22;/h3-8,13-16,20,25H,9-10,12,18-19H2,1-2H3;1H/q+1;/p-1. The maximum Gasteiger partial charge on any atom is 0.177 e. The highest BCUT2D eigenvalue weighted by molar-refractivity contribution is 5.44. The molecule has 0 amide bonds. The second kappa shape index (κ2) is 8.73. The van der Waals surface area contributed by atoms with Crippen LogP contribution >= 0.6 is 0 Å². The number of benzene rings is 2. The molecular weight excluding hydrogens is 342 g/mol. The molecule has 2 atom stereocenters. The Morgan fingerprint density at radius 3 is 2.04 bits per heavy atom. The van der Waals surface area contributed by atoms with E-state index in [4.69, 9.17) is 0 Å². The van der Waals surface area contributed by atoms with Crippen LogP contribution in [0.3, 0.4) is 0 Å². The summed E-state index contributed by atoms with van der Waals surface area (Å²) in [7, 11) is 2.29. The molecule has 1 heterocycles. The molecule has 1 fully saturated rings. The van der Waals surface area contributed by atoms with Crippen LogP contribution in [-0.4, -0.2) is 35.8 Å². The van der Waals surface area contributed by atoms with Crippen LogP contribution in [0.15, 0.2) is 60.7 Å². The van der Waals surface area contributed by atoms with Gasteiger partial charge in [-0.15, -0.1) is 0 Å². The van der Waals surface area contributed by atoms with Crippen LogP contribution in [0, 0.1) is 11.8 Å². The maximum atomic E-state index is 11.5. The van der Waals surface area contributed by atoms with Gasteiger partial charge >= 0.3 is 0 Å². The van der Waals surface area contributed by atoms with Crippen molar-refractivity contribution < 1.29 is 22.0 Å². The summed E-state index contributed by atoms with van der Waals surface area (Å²) in [5, 5.41) is 11.5. The number of quaternary nitrogens is 1. The third-order valence-corrected chi connectivity index (χ3v) is 5.70. The molecule has 2 aromatic carbocycles. The summed E-state index contributed by atoms with van der Waals surface area (Å²) in [5.41, 5.74) is 0.381. The summed E-state index contributed by atoms with van der Waals surface area (Å²) in [4.78, 5) is 0. The predicted octanol–water partition coefficient (Wildman–Crippen LogP) is 0.949. The lowest BCUT2D eigenvalue weighted by Gasteiger charge is -2.42. The summed E-state index contributed by atoms with van der Waals surface area (Å²) in [5.74, 6) is 6.55. The Hall–Kier alpha value is -1.79. The van der Waals surface area contributed by atoms with E-state index in [9.17, 15) is 5.11 Å². The van der Waals surface area contributed by atoms with Crippen molar-refractivity contribution in [1.29, 1.82) is 0 Å². The van der Waals surface area contributed by atoms with E-state index in [0.717, 1.165) is 22.2 Å². The molecule has 1 aliphatic rings. The monoisotopic (exact) mass is 369 g/mol. The number of piperidine rings is 1. The van der Waals surface area contributed by atoms with Crippen LogP contribution in [-0.2, 0) is 5.60 Å². The van der Waals surface area contributed by atoms with Crippen molar-refractivity contribution in [2.45, 2.75) is 37.8 Å². The Bertz CT molecular complexity index is 711. The van der Waals surface area contributed by atoms with Gasteiger partial charge in [0, 0.05) is 11.1 Å². The van der Waals surface area contributed by atoms with Crippen LogP contribution in [0.2, 0.25) is 0 Å². The molecule has 26 heavy (non-hydrogen) atoms. The smallest absolute Gasteiger partial charge is 0.177 e. The number of nitrogens with zero attached hydrogens (tertiary/aromatic N) is 1. The largest absolute Gasteiger partial charge is 1.00 e. The molecule has 1 N–H and O–H groups in total. The molecule has 0 saturated carbocycles. The Morgan fingerprint density at radius 2 is 1.54 bits per heavy atom. The van der Waals surface area contributed by atoms with E-state index in [2.05, 4.69) is 25.8 Å². The molecule has 0 aliphatic carbocycles. The zero-order valence-corrected chi connectivity index (χ0v) is 16.4. The Morgan fingerprint density at radius 1 is 1.00 bits per heavy atom. The van der Waals surface area contributed by atoms with Gasteiger partial charge in [-0.1, -0.05) is 66.6 Å². The third kappa shape index (κ3) is 4.30. The van der Waals surface area contributed by atoms with Crippen LogP contribution in [0.4, 0.5) is 0 Å². The normalized spacial score (nSPS) is 22.7. The van der Waals surface area contributed by atoms with E-state index in [-0.39, 0.29) is 12.4 Å². The van der Waals surface area contributed by atoms with Crippen molar-refractivity contribution in [2.24, 2.45) is 0 Å². The van der Waals surface area contributed by atoms with Gasteiger partial charge in [0.2, 0.25) is 0 Å². The van der Waals surface area contributed by atoms with E-state index in [1.807, 2.05) is 60.7 Å². The van der Waals surface area contributed by atoms with Crippen molar-refractivity contribution in [3.63, 3.8) is 0 Å². The van der Waals surface area contributed by atoms with E-state index in [1.165, 1.54) is 25.8 Å². The number of rotatable bonds is 3.